The van der Waals surface area contributed by atoms with Gasteiger partial charge in [-0.3, -0.25) is 9.59 Å². The van der Waals surface area contributed by atoms with Gasteiger partial charge in [-0.2, -0.15) is 23.4 Å². The molecule has 64 heavy (non-hydrogen) atoms. The van der Waals surface area contributed by atoms with Gasteiger partial charge in [0.25, 0.3) is 0 Å². The molecule has 0 unspecified atom stereocenters. The first-order valence-corrected chi connectivity index (χ1v) is 21.3. The van der Waals surface area contributed by atoms with Crippen LogP contribution in [0.3, 0.4) is 0 Å². The molecule has 0 atom stereocenters. The molecule has 0 saturated carbocycles. The number of amides is 6. The summed E-state index contributed by atoms with van der Waals surface area (Å²) in [5.74, 6) is -3.51. The van der Waals surface area contributed by atoms with Crippen molar-refractivity contribution in [3.63, 3.8) is 0 Å². The van der Waals surface area contributed by atoms with E-state index in [2.05, 4.69) is 31.5 Å². The summed E-state index contributed by atoms with van der Waals surface area (Å²) in [4.78, 5) is 71.6. The molecule has 4 aromatic heterocycles. The van der Waals surface area contributed by atoms with Crippen molar-refractivity contribution in [1.29, 1.82) is 0 Å². The van der Waals surface area contributed by atoms with E-state index in [4.69, 9.17) is 36.1 Å². The second kappa shape index (κ2) is 21.8. The maximum absolute atomic E-state index is 13.1. The molecule has 2 fully saturated rings. The average Bonchev–Trinajstić information content (AvgIpc) is 3.89. The molecule has 350 valence electrons. The summed E-state index contributed by atoms with van der Waals surface area (Å²) in [7, 11) is 0. The van der Waals surface area contributed by atoms with E-state index in [1.165, 1.54) is 0 Å². The number of likely N-dealkylation sites (tertiary alicyclic amines) is 2. The average molecular weight is 903 g/mol. The molecule has 0 radical (unpaired) electrons. The first-order valence-electron chi connectivity index (χ1n) is 21.3. The van der Waals surface area contributed by atoms with Gasteiger partial charge in [0.2, 0.25) is 11.8 Å². The Morgan fingerprint density at radius 2 is 1.06 bits per heavy atom. The number of urea groups is 2. The first-order chi connectivity index (χ1) is 30.5. The van der Waals surface area contributed by atoms with Crippen LogP contribution in [0.15, 0.2) is 12.4 Å². The lowest BCUT2D eigenvalue weighted by molar-refractivity contribution is -0.192. The highest BCUT2D eigenvalue weighted by molar-refractivity contribution is 5.93. The van der Waals surface area contributed by atoms with E-state index >= 15 is 0 Å². The van der Waals surface area contributed by atoms with Gasteiger partial charge in [0.15, 0.2) is 11.3 Å². The third-order valence-electron chi connectivity index (χ3n) is 11.2. The highest BCUT2D eigenvalue weighted by Gasteiger charge is 2.38. The van der Waals surface area contributed by atoms with Crippen LogP contribution in [0.4, 0.5) is 34.1 Å². The van der Waals surface area contributed by atoms with Crippen molar-refractivity contribution in [1.82, 2.24) is 50.0 Å². The Labute approximate surface area is 366 Å². The zero-order chi connectivity index (χ0) is 46.7. The number of carbonyl (C=O) groups is 5. The van der Waals surface area contributed by atoms with Crippen molar-refractivity contribution >= 4 is 63.3 Å². The Balaban J connectivity index is 0.00000102. The zero-order valence-electron chi connectivity index (χ0n) is 36.4. The monoisotopic (exact) mass is 902 g/mol. The molecule has 0 aliphatic carbocycles. The number of ether oxygens (including phenoxy) is 1. The second-order valence-electron chi connectivity index (χ2n) is 15.3. The zero-order valence-corrected chi connectivity index (χ0v) is 36.4. The fourth-order valence-corrected chi connectivity index (χ4v) is 7.72. The molecule has 0 aromatic carbocycles. The number of pyridine rings is 2. The van der Waals surface area contributed by atoms with E-state index in [1.807, 2.05) is 37.1 Å². The first kappa shape index (κ1) is 48.6. The van der Waals surface area contributed by atoms with Gasteiger partial charge < -0.3 is 52.4 Å². The Bertz CT molecular complexity index is 2160. The van der Waals surface area contributed by atoms with Crippen LogP contribution in [0, 0.1) is 0 Å². The van der Waals surface area contributed by atoms with Crippen LogP contribution >= 0.6 is 0 Å². The summed E-state index contributed by atoms with van der Waals surface area (Å²) in [5, 5.41) is 31.2. The van der Waals surface area contributed by atoms with E-state index in [9.17, 15) is 32.3 Å². The van der Waals surface area contributed by atoms with Crippen LogP contribution in [0.25, 0.3) is 22.1 Å². The van der Waals surface area contributed by atoms with Gasteiger partial charge in [-0.05, 0) is 52.4 Å². The summed E-state index contributed by atoms with van der Waals surface area (Å²) >= 11 is 0. The maximum atomic E-state index is 13.1. The summed E-state index contributed by atoms with van der Waals surface area (Å²) < 4.78 is 41.0. The Morgan fingerprint density at radius 1 is 0.703 bits per heavy atom. The van der Waals surface area contributed by atoms with Crippen LogP contribution in [0.1, 0.15) is 75.9 Å². The minimum Gasteiger partial charge on any atom is -0.475 e. The molecule has 21 nitrogen and oxygen atoms in total. The third kappa shape index (κ3) is 12.0. The van der Waals surface area contributed by atoms with Crippen molar-refractivity contribution < 1.29 is 47.0 Å². The number of fused-ring (bicyclic) bond motifs is 2. The van der Waals surface area contributed by atoms with E-state index < -0.39 is 24.2 Å². The number of hydrogen-bond acceptors (Lipinski definition) is 12. The van der Waals surface area contributed by atoms with Crippen LogP contribution in [0.2, 0.25) is 0 Å². The molecule has 0 bridgehead atoms. The number of nitrogens with zero attached hydrogens (tertiary/aromatic N) is 8. The van der Waals surface area contributed by atoms with Gasteiger partial charge in [0.05, 0.1) is 34.5 Å². The Hall–Kier alpha value is -6.46. The lowest BCUT2D eigenvalue weighted by atomic mass is 10.0. The van der Waals surface area contributed by atoms with Gasteiger partial charge in [0, 0.05) is 87.0 Å². The maximum Gasteiger partial charge on any atom is 0.490 e. The van der Waals surface area contributed by atoms with E-state index in [1.54, 1.807) is 22.2 Å². The quantitative estimate of drug-likeness (QED) is 0.0853. The van der Waals surface area contributed by atoms with Gasteiger partial charge in [-0.15, -0.1) is 0 Å². The summed E-state index contributed by atoms with van der Waals surface area (Å²) in [6, 6.07) is -0.657. The number of carbonyl (C=O) groups excluding carboxylic acids is 4. The minimum atomic E-state index is -5.08. The van der Waals surface area contributed by atoms with Gasteiger partial charge in [-0.25, -0.2) is 33.7 Å². The fraction of sp³-hybridized carbons (Fsp3) is 0.575. The highest BCUT2D eigenvalue weighted by atomic mass is 19.4. The second-order valence-corrected chi connectivity index (χ2v) is 15.3. The number of primary amides is 2. The molecule has 4 aromatic rings. The lowest BCUT2D eigenvalue weighted by Gasteiger charge is -2.32. The predicted octanol–water partition coefficient (Wildman–Crippen LogP) is 2.83. The molecular formula is C40H57F3N14O7. The van der Waals surface area contributed by atoms with E-state index in [0.29, 0.717) is 52.1 Å². The van der Waals surface area contributed by atoms with Crippen molar-refractivity contribution in [3.8, 4) is 0 Å². The van der Waals surface area contributed by atoms with Crippen molar-refractivity contribution in [3.05, 3.63) is 34.9 Å². The Morgan fingerprint density at radius 3 is 1.36 bits per heavy atom. The number of aromatic nitrogens is 6. The van der Waals surface area contributed by atoms with Gasteiger partial charge in [0.1, 0.15) is 13.2 Å². The standard InChI is InChI=1S/C38H56N14O5.C2HF3O2/c1-5-29-25(33(27-19-43-51(7-3)35(27)47-29)45-23-9-13-49(14-10-23)37(39)55)17-41-31(53)21-57-22-32(54)42-18-26-30(6-2)48-36-28(20-44-52(36)8-4)34(26)46-24-11-15-50(16-12-24)38(40)56;3-2(4,5)1(6)7/h19-20,23-24H,5-18,21-22H2,1-4H3,(H2,39,55)(H2,40,56)(H,41,53)(H,42,54)(H,45,47)(H,46,48);(H,6,7). The lowest BCUT2D eigenvalue weighted by Crippen LogP contribution is -2.44. The molecule has 6 amide bonds. The number of halogens is 3. The number of hydrogen-bond donors (Lipinski definition) is 7. The number of carboxylic acid groups (broad SMARTS) is 1. The van der Waals surface area contributed by atoms with Gasteiger partial charge in [-0.1, -0.05) is 13.8 Å². The fourth-order valence-electron chi connectivity index (χ4n) is 7.72. The minimum absolute atomic E-state index is 0.0886. The third-order valence-corrected chi connectivity index (χ3v) is 11.2. The number of piperidine rings is 2. The summed E-state index contributed by atoms with van der Waals surface area (Å²) in [6.45, 7) is 11.4. The number of nitrogens with one attached hydrogen (secondary N) is 4. The number of carboxylic acids is 1. The van der Waals surface area contributed by atoms with E-state index in [0.717, 1.165) is 81.6 Å². The molecule has 6 heterocycles. The summed E-state index contributed by atoms with van der Waals surface area (Å²) in [5.41, 5.74) is 17.7. The summed E-state index contributed by atoms with van der Waals surface area (Å²) in [6.07, 6.45) is 2.67. The van der Waals surface area contributed by atoms with Crippen molar-refractivity contribution in [2.75, 3.05) is 50.0 Å². The van der Waals surface area contributed by atoms with Crippen molar-refractivity contribution in [2.24, 2.45) is 11.5 Å². The molecule has 2 saturated heterocycles. The highest BCUT2D eigenvalue weighted by Crippen LogP contribution is 2.33. The van der Waals surface area contributed by atoms with Crippen LogP contribution < -0.4 is 32.7 Å². The number of rotatable bonds is 16. The van der Waals surface area contributed by atoms with Crippen LogP contribution in [0.5, 0.6) is 0 Å². The van der Waals surface area contributed by atoms with Crippen LogP contribution in [-0.4, -0.2) is 132 Å². The molecular weight excluding hydrogens is 846 g/mol. The Kier molecular flexibility index (Phi) is 16.5. The van der Waals surface area contributed by atoms with Gasteiger partial charge >= 0.3 is 24.2 Å². The molecule has 6 rings (SSSR count). The molecule has 2 aliphatic rings. The van der Waals surface area contributed by atoms with Crippen molar-refractivity contribution in [2.45, 2.75) is 111 Å². The topological polar surface area (TPSA) is 283 Å². The molecule has 24 heteroatoms. The SMILES string of the molecule is CCc1nc2c(cnn2CC)c(NC2CCN(C(N)=O)CC2)c1CNC(=O)COCC(=O)NCc1c(CC)nc2c(cnn2CC)c1NC1CCN(C(N)=O)CC1.O=C(O)C(F)(F)F. The van der Waals surface area contributed by atoms with E-state index in [-0.39, 0.29) is 50.2 Å². The number of aryl methyl sites for hydroxylation is 4. The molecule has 2 aliphatic heterocycles. The number of anilines is 2. The largest absolute Gasteiger partial charge is 0.490 e. The predicted molar refractivity (Wildman–Crippen MR) is 229 cm³/mol. The number of aliphatic carboxylic acids is 1. The molecule has 0 spiro atoms. The number of alkyl halides is 3. The normalized spacial score (nSPS) is 14.9. The smallest absolute Gasteiger partial charge is 0.475 e. The number of nitrogens with two attached hydrogens (primary N) is 2. The van der Waals surface area contributed by atoms with Crippen LogP contribution in [-0.2, 0) is 58.1 Å². The molecule has 9 N–H and O–H groups in total.